The van der Waals surface area contributed by atoms with Crippen LogP contribution in [0.15, 0.2) is 59.9 Å². The molecule has 0 fully saturated rings. The maximum absolute atomic E-state index is 13.1. The van der Waals surface area contributed by atoms with Crippen LogP contribution in [0, 0.1) is 5.92 Å². The van der Waals surface area contributed by atoms with Gasteiger partial charge in [-0.25, -0.2) is 0 Å². The first kappa shape index (κ1) is 21.4. The summed E-state index contributed by atoms with van der Waals surface area (Å²) in [5.41, 5.74) is -0.315. The molecule has 0 radical (unpaired) electrons. The van der Waals surface area contributed by atoms with Gasteiger partial charge in [0.15, 0.2) is 11.5 Å². The third-order valence-electron chi connectivity index (χ3n) is 4.91. The predicted molar refractivity (Wildman–Crippen MR) is 102 cm³/mol. The van der Waals surface area contributed by atoms with Crippen LogP contribution in [0.1, 0.15) is 36.6 Å². The molecule has 8 heteroatoms. The van der Waals surface area contributed by atoms with Gasteiger partial charge in [0.05, 0.1) is 17.2 Å². The lowest BCUT2D eigenvalue weighted by atomic mass is 9.91. The van der Waals surface area contributed by atoms with Crippen molar-refractivity contribution in [3.63, 3.8) is 0 Å². The number of phenols is 1. The number of amides is 1. The molecule has 2 aromatic rings. The summed E-state index contributed by atoms with van der Waals surface area (Å²) < 4.78 is 39.2. The molecule has 1 amide bonds. The highest BCUT2D eigenvalue weighted by Crippen LogP contribution is 2.40. The molecule has 2 aromatic carbocycles. The van der Waals surface area contributed by atoms with E-state index in [0.717, 1.165) is 17.0 Å². The Morgan fingerprint density at radius 1 is 1.10 bits per heavy atom. The van der Waals surface area contributed by atoms with E-state index in [0.29, 0.717) is 5.56 Å². The Kier molecular flexibility index (Phi) is 5.61. The maximum atomic E-state index is 13.1. The first-order chi connectivity index (χ1) is 14.0. The van der Waals surface area contributed by atoms with E-state index in [1.807, 2.05) is 0 Å². The molecule has 1 atom stereocenters. The normalized spacial score (nSPS) is 17.2. The van der Waals surface area contributed by atoms with Gasteiger partial charge in [-0.3, -0.25) is 9.59 Å². The topological polar surface area (TPSA) is 77.8 Å². The Balaban J connectivity index is 2.05. The van der Waals surface area contributed by atoms with Gasteiger partial charge in [-0.1, -0.05) is 38.1 Å². The molecular formula is C22H20F3NO4. The smallest absolute Gasteiger partial charge is 0.416 e. The largest absolute Gasteiger partial charge is 0.508 e. The molecule has 1 unspecified atom stereocenters. The van der Waals surface area contributed by atoms with Gasteiger partial charge in [0, 0.05) is 12.5 Å². The second kappa shape index (κ2) is 7.85. The van der Waals surface area contributed by atoms with E-state index < -0.39 is 41.1 Å². The molecule has 0 bridgehead atoms. The van der Waals surface area contributed by atoms with Crippen molar-refractivity contribution in [2.45, 2.75) is 32.6 Å². The summed E-state index contributed by atoms with van der Waals surface area (Å²) in [6, 6.07) is 9.29. The Labute approximate surface area is 171 Å². The second-order valence-corrected chi connectivity index (χ2v) is 7.41. The van der Waals surface area contributed by atoms with Crippen molar-refractivity contribution in [1.29, 1.82) is 0 Å². The van der Waals surface area contributed by atoms with Crippen LogP contribution in [0.3, 0.4) is 0 Å². The third-order valence-corrected chi connectivity index (χ3v) is 4.91. The van der Waals surface area contributed by atoms with Crippen LogP contribution in [0.25, 0.3) is 0 Å². The van der Waals surface area contributed by atoms with E-state index in [2.05, 4.69) is 0 Å². The van der Waals surface area contributed by atoms with Crippen molar-refractivity contribution < 1.29 is 33.0 Å². The van der Waals surface area contributed by atoms with E-state index in [1.165, 1.54) is 36.4 Å². The number of ketones is 1. The molecule has 1 aliphatic rings. The van der Waals surface area contributed by atoms with Crippen LogP contribution in [-0.2, 0) is 22.3 Å². The Hall–Kier alpha value is -3.29. The number of benzene rings is 2. The molecule has 0 spiro atoms. The molecule has 158 valence electrons. The zero-order chi connectivity index (χ0) is 22.2. The van der Waals surface area contributed by atoms with Crippen LogP contribution in [-0.4, -0.2) is 26.8 Å². The van der Waals surface area contributed by atoms with E-state index in [-0.39, 0.29) is 23.4 Å². The lowest BCUT2D eigenvalue weighted by Crippen LogP contribution is -2.31. The monoisotopic (exact) mass is 419 g/mol. The minimum absolute atomic E-state index is 0.0301. The van der Waals surface area contributed by atoms with Gasteiger partial charge in [-0.15, -0.1) is 0 Å². The summed E-state index contributed by atoms with van der Waals surface area (Å²) in [7, 11) is 0. The number of halogens is 3. The van der Waals surface area contributed by atoms with Gasteiger partial charge in [0.1, 0.15) is 5.75 Å². The molecule has 1 heterocycles. The number of hydrogen-bond acceptors (Lipinski definition) is 4. The number of aromatic hydroxyl groups is 1. The molecule has 3 rings (SSSR count). The number of hydrogen-bond donors (Lipinski definition) is 2. The second-order valence-electron chi connectivity index (χ2n) is 7.41. The highest BCUT2D eigenvalue weighted by Gasteiger charge is 2.44. The fraction of sp³-hybridized carbons (Fsp3) is 0.273. The summed E-state index contributed by atoms with van der Waals surface area (Å²) in [6.07, 6.45) is -4.54. The standard InChI is InChI=1S/C22H20F3NO4/c1-12(2)19(28)17-18(14-6-8-16(27)9-7-14)26(21(30)20(17)29)11-13-4-3-5-15(10-13)22(23,24)25/h3-10,12,18,27,29H,11H2,1-2H3. The molecule has 0 aromatic heterocycles. The van der Waals surface area contributed by atoms with E-state index in [4.69, 9.17) is 0 Å². The van der Waals surface area contributed by atoms with Crippen LogP contribution < -0.4 is 0 Å². The van der Waals surface area contributed by atoms with Gasteiger partial charge in [0.2, 0.25) is 0 Å². The molecule has 0 saturated carbocycles. The number of phenolic OH excluding ortho intramolecular Hbond substituents is 1. The fourth-order valence-electron chi connectivity index (χ4n) is 3.43. The molecule has 1 aliphatic heterocycles. The van der Waals surface area contributed by atoms with Gasteiger partial charge >= 0.3 is 6.18 Å². The lowest BCUT2D eigenvalue weighted by Gasteiger charge is -2.27. The number of carbonyl (C=O) groups excluding carboxylic acids is 2. The average molecular weight is 419 g/mol. The van der Waals surface area contributed by atoms with Crippen LogP contribution in [0.5, 0.6) is 5.75 Å². The number of carbonyl (C=O) groups is 2. The minimum Gasteiger partial charge on any atom is -0.508 e. The summed E-state index contributed by atoms with van der Waals surface area (Å²) in [5, 5.41) is 20.0. The van der Waals surface area contributed by atoms with E-state index >= 15 is 0 Å². The quantitative estimate of drug-likeness (QED) is 0.747. The average Bonchev–Trinajstić information content (AvgIpc) is 2.92. The van der Waals surface area contributed by atoms with E-state index in [1.54, 1.807) is 13.8 Å². The maximum Gasteiger partial charge on any atom is 0.416 e. The molecule has 2 N–H and O–H groups in total. The zero-order valence-corrected chi connectivity index (χ0v) is 16.3. The Morgan fingerprint density at radius 3 is 2.30 bits per heavy atom. The number of aliphatic hydroxyl groups is 1. The minimum atomic E-state index is -4.54. The molecule has 5 nitrogen and oxygen atoms in total. The number of nitrogens with zero attached hydrogens (tertiary/aromatic N) is 1. The highest BCUT2D eigenvalue weighted by atomic mass is 19.4. The zero-order valence-electron chi connectivity index (χ0n) is 16.3. The highest BCUT2D eigenvalue weighted by molar-refractivity contribution is 6.09. The van der Waals surface area contributed by atoms with Crippen molar-refractivity contribution in [3.05, 3.63) is 76.6 Å². The first-order valence-corrected chi connectivity index (χ1v) is 9.24. The van der Waals surface area contributed by atoms with Crippen LogP contribution in [0.2, 0.25) is 0 Å². The third kappa shape index (κ3) is 4.03. The lowest BCUT2D eigenvalue weighted by molar-refractivity contribution is -0.137. The molecular weight excluding hydrogens is 399 g/mol. The summed E-state index contributed by atoms with van der Waals surface area (Å²) in [6.45, 7) is 3.00. The van der Waals surface area contributed by atoms with Gasteiger partial charge in [0.25, 0.3) is 5.91 Å². The summed E-state index contributed by atoms with van der Waals surface area (Å²) in [5.74, 6) is -2.53. The predicted octanol–water partition coefficient (Wildman–Crippen LogP) is 4.53. The molecule has 0 saturated heterocycles. The van der Waals surface area contributed by atoms with Crippen molar-refractivity contribution in [3.8, 4) is 5.75 Å². The van der Waals surface area contributed by atoms with Gasteiger partial charge in [-0.2, -0.15) is 13.2 Å². The SMILES string of the molecule is CC(C)C(=O)C1=C(O)C(=O)N(Cc2cccc(C(F)(F)F)c2)C1c1ccc(O)cc1. The number of aliphatic hydroxyl groups excluding tert-OH is 1. The number of alkyl halides is 3. The first-order valence-electron chi connectivity index (χ1n) is 9.24. The van der Waals surface area contributed by atoms with Gasteiger partial charge in [-0.05, 0) is 35.4 Å². The van der Waals surface area contributed by atoms with Crippen molar-refractivity contribution in [2.24, 2.45) is 5.92 Å². The summed E-state index contributed by atoms with van der Waals surface area (Å²) >= 11 is 0. The van der Waals surface area contributed by atoms with Crippen molar-refractivity contribution >= 4 is 11.7 Å². The van der Waals surface area contributed by atoms with Crippen LogP contribution in [0.4, 0.5) is 13.2 Å². The molecule has 0 aliphatic carbocycles. The Bertz CT molecular complexity index is 1010. The molecule has 30 heavy (non-hydrogen) atoms. The van der Waals surface area contributed by atoms with Crippen LogP contribution >= 0.6 is 0 Å². The Morgan fingerprint density at radius 2 is 1.73 bits per heavy atom. The number of Topliss-reactive ketones (excluding diaryl/α,β-unsaturated/α-hetero) is 1. The van der Waals surface area contributed by atoms with Crippen molar-refractivity contribution in [2.75, 3.05) is 0 Å². The summed E-state index contributed by atoms with van der Waals surface area (Å²) in [4.78, 5) is 26.7. The number of rotatable bonds is 5. The fourth-order valence-corrected chi connectivity index (χ4v) is 3.43. The van der Waals surface area contributed by atoms with E-state index in [9.17, 15) is 33.0 Å². The van der Waals surface area contributed by atoms with Crippen molar-refractivity contribution in [1.82, 2.24) is 4.90 Å². The van der Waals surface area contributed by atoms with Gasteiger partial charge < -0.3 is 15.1 Å².